The topological polar surface area (TPSA) is 34.4 Å². The molecule has 1 heterocycles. The SMILES string of the molecule is CSc1ccc(CC(=O)N=c2sc3ccccc3n2C)cc1. The van der Waals surface area contributed by atoms with Gasteiger partial charge in [-0.25, -0.2) is 0 Å². The molecule has 5 heteroatoms. The summed E-state index contributed by atoms with van der Waals surface area (Å²) in [5.74, 6) is -0.112. The van der Waals surface area contributed by atoms with E-state index >= 15 is 0 Å². The number of para-hydroxylation sites is 1. The maximum absolute atomic E-state index is 12.2. The zero-order chi connectivity index (χ0) is 15.5. The van der Waals surface area contributed by atoms with Gasteiger partial charge in [-0.05, 0) is 36.1 Å². The van der Waals surface area contributed by atoms with Crippen molar-refractivity contribution in [3.8, 4) is 0 Å². The van der Waals surface area contributed by atoms with Crippen LogP contribution < -0.4 is 4.80 Å². The van der Waals surface area contributed by atoms with Crippen molar-refractivity contribution in [2.75, 3.05) is 6.26 Å². The average molecular weight is 328 g/mol. The lowest BCUT2D eigenvalue weighted by Gasteiger charge is -1.99. The third-order valence-electron chi connectivity index (χ3n) is 3.45. The molecule has 0 atom stereocenters. The van der Waals surface area contributed by atoms with Gasteiger partial charge in [-0.1, -0.05) is 35.6 Å². The van der Waals surface area contributed by atoms with Crippen molar-refractivity contribution < 1.29 is 4.79 Å². The van der Waals surface area contributed by atoms with Gasteiger partial charge in [0.25, 0.3) is 5.91 Å². The number of carbonyl (C=O) groups is 1. The zero-order valence-electron chi connectivity index (χ0n) is 12.4. The molecule has 0 N–H and O–H groups in total. The maximum atomic E-state index is 12.2. The average Bonchev–Trinajstić information content (AvgIpc) is 2.84. The van der Waals surface area contributed by atoms with Crippen LogP contribution in [0.1, 0.15) is 5.56 Å². The molecule has 3 aromatic rings. The summed E-state index contributed by atoms with van der Waals surface area (Å²) >= 11 is 3.23. The van der Waals surface area contributed by atoms with Gasteiger partial charge in [0.05, 0.1) is 16.6 Å². The van der Waals surface area contributed by atoms with Crippen LogP contribution in [0, 0.1) is 0 Å². The lowest BCUT2D eigenvalue weighted by Crippen LogP contribution is -2.14. The smallest absolute Gasteiger partial charge is 0.252 e. The summed E-state index contributed by atoms with van der Waals surface area (Å²) in [6, 6.07) is 16.1. The molecule has 0 saturated heterocycles. The molecule has 0 radical (unpaired) electrons. The second kappa shape index (κ2) is 6.50. The first kappa shape index (κ1) is 15.1. The van der Waals surface area contributed by atoms with Gasteiger partial charge in [0, 0.05) is 11.9 Å². The van der Waals surface area contributed by atoms with E-state index in [1.54, 1.807) is 23.1 Å². The van der Waals surface area contributed by atoms with Crippen molar-refractivity contribution in [2.24, 2.45) is 12.0 Å². The Kier molecular flexibility index (Phi) is 4.45. The monoisotopic (exact) mass is 328 g/mol. The van der Waals surface area contributed by atoms with Crippen molar-refractivity contribution in [1.29, 1.82) is 0 Å². The van der Waals surface area contributed by atoms with Crippen LogP contribution in [-0.2, 0) is 18.3 Å². The molecular formula is C17H16N2OS2. The zero-order valence-corrected chi connectivity index (χ0v) is 14.1. The molecule has 1 aromatic heterocycles. The van der Waals surface area contributed by atoms with E-state index in [1.165, 1.54) is 4.90 Å². The van der Waals surface area contributed by atoms with Crippen LogP contribution in [0.5, 0.6) is 0 Å². The molecule has 0 spiro atoms. The van der Waals surface area contributed by atoms with Crippen LogP contribution in [0.25, 0.3) is 10.2 Å². The molecule has 0 aliphatic carbocycles. The Balaban J connectivity index is 1.86. The standard InChI is InChI=1S/C17H16N2OS2/c1-19-14-5-3-4-6-15(14)22-17(19)18-16(20)11-12-7-9-13(21-2)10-8-12/h3-10H,11H2,1-2H3. The maximum Gasteiger partial charge on any atom is 0.252 e. The molecule has 1 amide bonds. The summed E-state index contributed by atoms with van der Waals surface area (Å²) < 4.78 is 3.11. The minimum absolute atomic E-state index is 0.112. The highest BCUT2D eigenvalue weighted by molar-refractivity contribution is 7.98. The van der Waals surface area contributed by atoms with Crippen LogP contribution >= 0.6 is 23.1 Å². The van der Waals surface area contributed by atoms with Gasteiger partial charge in [-0.15, -0.1) is 11.8 Å². The largest absolute Gasteiger partial charge is 0.319 e. The number of thioether (sulfide) groups is 1. The van der Waals surface area contributed by atoms with Gasteiger partial charge < -0.3 is 4.57 Å². The second-order valence-corrected chi connectivity index (χ2v) is 6.83. The van der Waals surface area contributed by atoms with Crippen LogP contribution in [0.2, 0.25) is 0 Å². The number of nitrogens with zero attached hydrogens (tertiary/aromatic N) is 2. The number of aryl methyl sites for hydroxylation is 1. The fraction of sp³-hybridized carbons (Fsp3) is 0.176. The molecule has 0 saturated carbocycles. The van der Waals surface area contributed by atoms with E-state index in [2.05, 4.69) is 4.99 Å². The quantitative estimate of drug-likeness (QED) is 0.688. The predicted molar refractivity (Wildman–Crippen MR) is 93.3 cm³/mol. The van der Waals surface area contributed by atoms with Crippen molar-refractivity contribution in [3.05, 3.63) is 58.9 Å². The van der Waals surface area contributed by atoms with Crippen LogP contribution in [0.4, 0.5) is 0 Å². The van der Waals surface area contributed by atoms with Gasteiger partial charge in [0.15, 0.2) is 4.80 Å². The number of amides is 1. The van der Waals surface area contributed by atoms with E-state index in [0.29, 0.717) is 6.42 Å². The molecule has 3 rings (SSSR count). The van der Waals surface area contributed by atoms with Gasteiger partial charge in [-0.3, -0.25) is 4.79 Å². The van der Waals surface area contributed by atoms with E-state index in [0.717, 1.165) is 20.6 Å². The van der Waals surface area contributed by atoms with Crippen LogP contribution in [-0.4, -0.2) is 16.7 Å². The number of rotatable bonds is 3. The fourth-order valence-corrected chi connectivity index (χ4v) is 3.70. The number of carbonyl (C=O) groups excluding carboxylic acids is 1. The Hall–Kier alpha value is -1.85. The van der Waals surface area contributed by atoms with E-state index in [4.69, 9.17) is 0 Å². The van der Waals surface area contributed by atoms with Gasteiger partial charge in [0.1, 0.15) is 0 Å². The second-order valence-electron chi connectivity index (χ2n) is 4.94. The Morgan fingerprint density at radius 3 is 2.59 bits per heavy atom. The van der Waals surface area contributed by atoms with Gasteiger partial charge in [-0.2, -0.15) is 4.99 Å². The first-order valence-corrected chi connectivity index (χ1v) is 8.96. The highest BCUT2D eigenvalue weighted by Crippen LogP contribution is 2.16. The van der Waals surface area contributed by atoms with Crippen molar-refractivity contribution in [3.63, 3.8) is 0 Å². The van der Waals surface area contributed by atoms with E-state index in [-0.39, 0.29) is 5.91 Å². The molecular weight excluding hydrogens is 312 g/mol. The first-order chi connectivity index (χ1) is 10.7. The Morgan fingerprint density at radius 2 is 1.91 bits per heavy atom. The molecule has 0 aliphatic rings. The van der Waals surface area contributed by atoms with E-state index < -0.39 is 0 Å². The third kappa shape index (κ3) is 3.15. The van der Waals surface area contributed by atoms with Crippen molar-refractivity contribution >= 4 is 39.2 Å². The molecule has 0 fully saturated rings. The number of thiazole rings is 1. The first-order valence-electron chi connectivity index (χ1n) is 6.92. The molecule has 0 unspecified atom stereocenters. The lowest BCUT2D eigenvalue weighted by molar-refractivity contribution is -0.117. The molecule has 3 nitrogen and oxygen atoms in total. The summed E-state index contributed by atoms with van der Waals surface area (Å²) in [5, 5.41) is 0. The molecule has 0 aliphatic heterocycles. The van der Waals surface area contributed by atoms with Crippen molar-refractivity contribution in [1.82, 2.24) is 4.57 Å². The van der Waals surface area contributed by atoms with E-state index in [1.807, 2.05) is 66.4 Å². The normalized spacial score (nSPS) is 12.0. The fourth-order valence-electron chi connectivity index (χ4n) is 2.25. The Morgan fingerprint density at radius 1 is 1.18 bits per heavy atom. The summed E-state index contributed by atoms with van der Waals surface area (Å²) in [5.41, 5.74) is 2.10. The van der Waals surface area contributed by atoms with E-state index in [9.17, 15) is 4.79 Å². The van der Waals surface area contributed by atoms with Gasteiger partial charge >= 0.3 is 0 Å². The number of fused-ring (bicyclic) bond motifs is 1. The predicted octanol–water partition coefficient (Wildman–Crippen LogP) is 3.63. The molecule has 112 valence electrons. The summed E-state index contributed by atoms with van der Waals surface area (Å²) in [6.07, 6.45) is 2.37. The Bertz CT molecular complexity index is 876. The van der Waals surface area contributed by atoms with Crippen molar-refractivity contribution in [2.45, 2.75) is 11.3 Å². The highest BCUT2D eigenvalue weighted by Gasteiger charge is 2.05. The number of aromatic nitrogens is 1. The number of benzene rings is 2. The molecule has 2 aromatic carbocycles. The molecule has 22 heavy (non-hydrogen) atoms. The minimum Gasteiger partial charge on any atom is -0.319 e. The summed E-state index contributed by atoms with van der Waals surface area (Å²) in [4.78, 5) is 18.4. The number of hydrogen-bond donors (Lipinski definition) is 0. The minimum atomic E-state index is -0.112. The Labute approximate surface area is 137 Å². The van der Waals surface area contributed by atoms with Crippen LogP contribution in [0.3, 0.4) is 0 Å². The number of hydrogen-bond acceptors (Lipinski definition) is 3. The lowest BCUT2D eigenvalue weighted by atomic mass is 10.1. The summed E-state index contributed by atoms with van der Waals surface area (Å²) in [6.45, 7) is 0. The highest BCUT2D eigenvalue weighted by atomic mass is 32.2. The third-order valence-corrected chi connectivity index (χ3v) is 5.31. The van der Waals surface area contributed by atoms with Gasteiger partial charge in [0.2, 0.25) is 0 Å². The van der Waals surface area contributed by atoms with Crippen LogP contribution in [0.15, 0.2) is 58.4 Å². The summed E-state index contributed by atoms with van der Waals surface area (Å²) in [7, 11) is 1.94. The molecule has 0 bridgehead atoms.